The molecule has 4 nitrogen and oxygen atoms in total. The molecule has 126 valence electrons. The van der Waals surface area contributed by atoms with E-state index in [0.717, 1.165) is 11.1 Å². The number of rotatable bonds is 6. The Labute approximate surface area is 141 Å². The van der Waals surface area contributed by atoms with Gasteiger partial charge in [-0.2, -0.15) is 0 Å². The molecule has 24 heavy (non-hydrogen) atoms. The first kappa shape index (κ1) is 17.7. The molecular weight excluding hydrogens is 307 g/mol. The van der Waals surface area contributed by atoms with E-state index in [-0.39, 0.29) is 36.6 Å². The Hall–Kier alpha value is -2.69. The van der Waals surface area contributed by atoms with Gasteiger partial charge in [-0.15, -0.1) is 0 Å². The van der Waals surface area contributed by atoms with Crippen LogP contribution < -0.4 is 10.6 Å². The van der Waals surface area contributed by atoms with Crippen LogP contribution in [-0.2, 0) is 4.79 Å². The molecule has 0 fully saturated rings. The Morgan fingerprint density at radius 1 is 1.08 bits per heavy atom. The van der Waals surface area contributed by atoms with E-state index in [0.29, 0.717) is 5.56 Å². The lowest BCUT2D eigenvalue weighted by Gasteiger charge is -2.14. The third kappa shape index (κ3) is 4.91. The highest BCUT2D eigenvalue weighted by molar-refractivity contribution is 5.95. The molecular formula is C19H21FN2O2. The molecule has 0 aliphatic heterocycles. The highest BCUT2D eigenvalue weighted by Crippen LogP contribution is 2.12. The third-order valence-electron chi connectivity index (χ3n) is 3.77. The predicted molar refractivity (Wildman–Crippen MR) is 91.1 cm³/mol. The Bertz CT molecular complexity index is 714. The lowest BCUT2D eigenvalue weighted by atomic mass is 10.1. The minimum Gasteiger partial charge on any atom is -0.352 e. The molecule has 0 aromatic heterocycles. The lowest BCUT2D eigenvalue weighted by Crippen LogP contribution is -2.32. The summed E-state index contributed by atoms with van der Waals surface area (Å²) in [6.45, 7) is 3.96. The van der Waals surface area contributed by atoms with Crippen molar-refractivity contribution in [1.82, 2.24) is 10.6 Å². The van der Waals surface area contributed by atoms with Gasteiger partial charge in [0.2, 0.25) is 5.91 Å². The van der Waals surface area contributed by atoms with Crippen LogP contribution in [0.1, 0.15) is 40.9 Å². The van der Waals surface area contributed by atoms with Crippen molar-refractivity contribution in [2.45, 2.75) is 26.3 Å². The SMILES string of the molecule is Cc1ccccc1C(=O)NCCC(=O)N[C@H](C)c1ccc(F)cc1. The van der Waals surface area contributed by atoms with E-state index in [1.165, 1.54) is 12.1 Å². The summed E-state index contributed by atoms with van der Waals surface area (Å²) in [6.07, 6.45) is 0.184. The Morgan fingerprint density at radius 2 is 1.75 bits per heavy atom. The van der Waals surface area contributed by atoms with Gasteiger partial charge >= 0.3 is 0 Å². The van der Waals surface area contributed by atoms with Crippen molar-refractivity contribution in [1.29, 1.82) is 0 Å². The van der Waals surface area contributed by atoms with Gasteiger partial charge in [0.05, 0.1) is 6.04 Å². The molecule has 0 radical (unpaired) electrons. The quantitative estimate of drug-likeness (QED) is 0.856. The maximum absolute atomic E-state index is 12.9. The van der Waals surface area contributed by atoms with Crippen LogP contribution in [0.5, 0.6) is 0 Å². The number of benzene rings is 2. The van der Waals surface area contributed by atoms with Crippen molar-refractivity contribution in [2.24, 2.45) is 0 Å². The summed E-state index contributed by atoms with van der Waals surface area (Å²) in [4.78, 5) is 24.0. The van der Waals surface area contributed by atoms with Crippen LogP contribution in [0.25, 0.3) is 0 Å². The number of halogens is 1. The molecule has 0 heterocycles. The minimum atomic E-state index is -0.309. The molecule has 0 spiro atoms. The van der Waals surface area contributed by atoms with Gasteiger partial charge in [0, 0.05) is 18.5 Å². The lowest BCUT2D eigenvalue weighted by molar-refractivity contribution is -0.121. The molecule has 2 aromatic carbocycles. The zero-order chi connectivity index (χ0) is 17.5. The Morgan fingerprint density at radius 3 is 2.42 bits per heavy atom. The smallest absolute Gasteiger partial charge is 0.251 e. The maximum Gasteiger partial charge on any atom is 0.251 e. The highest BCUT2D eigenvalue weighted by Gasteiger charge is 2.11. The van der Waals surface area contributed by atoms with Gasteiger partial charge in [-0.3, -0.25) is 9.59 Å². The van der Waals surface area contributed by atoms with E-state index in [1.807, 2.05) is 26.0 Å². The molecule has 1 atom stereocenters. The first-order chi connectivity index (χ1) is 11.5. The van der Waals surface area contributed by atoms with E-state index < -0.39 is 0 Å². The number of amides is 2. The number of hydrogen-bond donors (Lipinski definition) is 2. The van der Waals surface area contributed by atoms with Crippen molar-refractivity contribution in [3.05, 3.63) is 71.0 Å². The second kappa shape index (κ2) is 8.24. The van der Waals surface area contributed by atoms with Crippen LogP contribution >= 0.6 is 0 Å². The average molecular weight is 328 g/mol. The number of nitrogens with one attached hydrogen (secondary N) is 2. The summed E-state index contributed by atoms with van der Waals surface area (Å²) in [5.41, 5.74) is 2.33. The minimum absolute atomic E-state index is 0.170. The van der Waals surface area contributed by atoms with Crippen LogP contribution in [-0.4, -0.2) is 18.4 Å². The summed E-state index contributed by atoms with van der Waals surface area (Å²) in [6, 6.07) is 13.1. The van der Waals surface area contributed by atoms with Gasteiger partial charge in [0.1, 0.15) is 5.82 Å². The first-order valence-electron chi connectivity index (χ1n) is 7.86. The van der Waals surface area contributed by atoms with Crippen molar-refractivity contribution < 1.29 is 14.0 Å². The van der Waals surface area contributed by atoms with Gasteiger partial charge < -0.3 is 10.6 Å². The molecule has 0 bridgehead atoms. The van der Waals surface area contributed by atoms with E-state index in [1.54, 1.807) is 24.3 Å². The topological polar surface area (TPSA) is 58.2 Å². The molecule has 0 saturated heterocycles. The van der Waals surface area contributed by atoms with Crippen molar-refractivity contribution in [3.63, 3.8) is 0 Å². The summed E-state index contributed by atoms with van der Waals surface area (Å²) < 4.78 is 12.9. The fraction of sp³-hybridized carbons (Fsp3) is 0.263. The molecule has 0 saturated carbocycles. The largest absolute Gasteiger partial charge is 0.352 e. The summed E-state index contributed by atoms with van der Waals surface area (Å²) in [5, 5.41) is 5.57. The second-order valence-electron chi connectivity index (χ2n) is 5.66. The van der Waals surface area contributed by atoms with Crippen molar-refractivity contribution in [2.75, 3.05) is 6.54 Å². The Kier molecular flexibility index (Phi) is 6.07. The number of carbonyl (C=O) groups excluding carboxylic acids is 2. The third-order valence-corrected chi connectivity index (χ3v) is 3.77. The van der Waals surface area contributed by atoms with Gasteiger partial charge in [-0.05, 0) is 43.2 Å². The van der Waals surface area contributed by atoms with Crippen molar-refractivity contribution >= 4 is 11.8 Å². The van der Waals surface area contributed by atoms with Gasteiger partial charge in [-0.25, -0.2) is 4.39 Å². The van der Waals surface area contributed by atoms with Gasteiger partial charge in [-0.1, -0.05) is 30.3 Å². The zero-order valence-electron chi connectivity index (χ0n) is 13.8. The van der Waals surface area contributed by atoms with Crippen LogP contribution in [0, 0.1) is 12.7 Å². The van der Waals surface area contributed by atoms with Crippen LogP contribution in [0.15, 0.2) is 48.5 Å². The molecule has 2 N–H and O–H groups in total. The first-order valence-corrected chi connectivity index (χ1v) is 7.86. The van der Waals surface area contributed by atoms with E-state index in [4.69, 9.17) is 0 Å². The molecule has 0 aliphatic rings. The number of hydrogen-bond acceptors (Lipinski definition) is 2. The number of aryl methyl sites for hydroxylation is 1. The maximum atomic E-state index is 12.9. The molecule has 0 unspecified atom stereocenters. The number of carbonyl (C=O) groups is 2. The summed E-state index contributed by atoms with van der Waals surface area (Å²) in [7, 11) is 0. The van der Waals surface area contributed by atoms with Crippen LogP contribution in [0.2, 0.25) is 0 Å². The predicted octanol–water partition coefficient (Wildman–Crippen LogP) is 3.13. The van der Waals surface area contributed by atoms with Crippen LogP contribution in [0.3, 0.4) is 0 Å². The summed E-state index contributed by atoms with van der Waals surface area (Å²) in [5.74, 6) is -0.666. The summed E-state index contributed by atoms with van der Waals surface area (Å²) >= 11 is 0. The van der Waals surface area contributed by atoms with Gasteiger partial charge in [0.25, 0.3) is 5.91 Å². The zero-order valence-corrected chi connectivity index (χ0v) is 13.8. The van der Waals surface area contributed by atoms with E-state index in [9.17, 15) is 14.0 Å². The highest BCUT2D eigenvalue weighted by atomic mass is 19.1. The van der Waals surface area contributed by atoms with E-state index in [2.05, 4.69) is 10.6 Å². The monoisotopic (exact) mass is 328 g/mol. The van der Waals surface area contributed by atoms with Crippen molar-refractivity contribution in [3.8, 4) is 0 Å². The molecule has 5 heteroatoms. The molecule has 2 rings (SSSR count). The van der Waals surface area contributed by atoms with Gasteiger partial charge in [0.15, 0.2) is 0 Å². The fourth-order valence-electron chi connectivity index (χ4n) is 2.36. The molecule has 2 amide bonds. The normalized spacial score (nSPS) is 11.6. The average Bonchev–Trinajstić information content (AvgIpc) is 2.55. The second-order valence-corrected chi connectivity index (χ2v) is 5.66. The Balaban J connectivity index is 1.78. The van der Waals surface area contributed by atoms with E-state index >= 15 is 0 Å². The van der Waals surface area contributed by atoms with Crippen LogP contribution in [0.4, 0.5) is 4.39 Å². The molecule has 0 aliphatic carbocycles. The molecule has 2 aromatic rings. The standard InChI is InChI=1S/C19H21FN2O2/c1-13-5-3-4-6-17(13)19(24)21-12-11-18(23)22-14(2)15-7-9-16(20)10-8-15/h3-10,14H,11-12H2,1-2H3,(H,21,24)(H,22,23)/t14-/m1/s1. The fourth-order valence-corrected chi connectivity index (χ4v) is 2.36.